The van der Waals surface area contributed by atoms with Gasteiger partial charge in [0, 0.05) is 24.7 Å². The average molecular weight is 353 g/mol. The van der Waals surface area contributed by atoms with Crippen molar-refractivity contribution in [3.8, 4) is 0 Å². The van der Waals surface area contributed by atoms with Crippen LogP contribution < -0.4 is 10.2 Å². The van der Waals surface area contributed by atoms with E-state index in [-0.39, 0.29) is 18.1 Å². The molecule has 26 heavy (non-hydrogen) atoms. The van der Waals surface area contributed by atoms with Gasteiger partial charge in [0.15, 0.2) is 0 Å². The Labute approximate surface area is 149 Å². The van der Waals surface area contributed by atoms with Gasteiger partial charge in [0.1, 0.15) is 17.3 Å². The van der Waals surface area contributed by atoms with Crippen molar-refractivity contribution in [2.24, 2.45) is 0 Å². The van der Waals surface area contributed by atoms with Crippen LogP contribution in [0.15, 0.2) is 54.7 Å². The van der Waals surface area contributed by atoms with Gasteiger partial charge in [-0.1, -0.05) is 30.3 Å². The molecule has 1 aromatic heterocycles. The zero-order valence-corrected chi connectivity index (χ0v) is 14.0. The Kier molecular flexibility index (Phi) is 4.34. The molecule has 132 valence electrons. The highest BCUT2D eigenvalue weighted by atomic mass is 19.1. The van der Waals surface area contributed by atoms with Crippen LogP contribution >= 0.6 is 0 Å². The number of halogens is 2. The van der Waals surface area contributed by atoms with Crippen molar-refractivity contribution < 1.29 is 13.6 Å². The molecule has 1 N–H and O–H groups in total. The molecule has 0 saturated carbocycles. The Morgan fingerprint density at radius 3 is 2.62 bits per heavy atom. The predicted octanol–water partition coefficient (Wildman–Crippen LogP) is 3.41. The van der Waals surface area contributed by atoms with E-state index in [1.165, 1.54) is 11.0 Å². The third-order valence-electron chi connectivity index (χ3n) is 4.67. The highest BCUT2D eigenvalue weighted by molar-refractivity contribution is 5.99. The fraction of sp³-hybridized carbons (Fsp3) is 0.200. The summed E-state index contributed by atoms with van der Waals surface area (Å²) in [7, 11) is 0. The monoisotopic (exact) mass is 353 g/mol. The molecule has 6 heteroatoms. The van der Waals surface area contributed by atoms with Crippen molar-refractivity contribution in [1.82, 2.24) is 10.3 Å². The molecule has 0 aliphatic carbocycles. The molecule has 1 atom stereocenters. The normalized spacial score (nSPS) is 17.2. The van der Waals surface area contributed by atoms with Gasteiger partial charge in [-0.05, 0) is 30.2 Å². The molecule has 0 radical (unpaired) electrons. The first-order valence-corrected chi connectivity index (χ1v) is 8.46. The maximum atomic E-state index is 14.0. The summed E-state index contributed by atoms with van der Waals surface area (Å²) in [4.78, 5) is 18.2. The number of amides is 1. The Bertz CT molecular complexity index is 951. The maximum Gasteiger partial charge on any atom is 0.244 e. The second kappa shape index (κ2) is 6.80. The molecule has 4 nitrogen and oxygen atoms in total. The number of hydrogen-bond acceptors (Lipinski definition) is 3. The van der Waals surface area contributed by atoms with E-state index in [2.05, 4.69) is 10.3 Å². The molecule has 2 aromatic carbocycles. The molecule has 1 saturated heterocycles. The van der Waals surface area contributed by atoms with Gasteiger partial charge in [0.25, 0.3) is 0 Å². The molecule has 0 bridgehead atoms. The van der Waals surface area contributed by atoms with Gasteiger partial charge >= 0.3 is 0 Å². The molecule has 3 aromatic rings. The molecule has 2 heterocycles. The van der Waals surface area contributed by atoms with E-state index in [4.69, 9.17) is 0 Å². The minimum Gasteiger partial charge on any atom is -0.306 e. The van der Waals surface area contributed by atoms with Crippen molar-refractivity contribution in [3.05, 3.63) is 71.9 Å². The van der Waals surface area contributed by atoms with Gasteiger partial charge < -0.3 is 10.2 Å². The lowest BCUT2D eigenvalue weighted by atomic mass is 10.1. The SMILES string of the molecule is O=C1[C@@H](NCc2cccc3cccnc23)CCN1c1c(F)cccc1F. The number of carbonyl (C=O) groups is 1. The third-order valence-corrected chi connectivity index (χ3v) is 4.67. The second-order valence-corrected chi connectivity index (χ2v) is 6.27. The van der Waals surface area contributed by atoms with E-state index < -0.39 is 17.7 Å². The predicted molar refractivity (Wildman–Crippen MR) is 95.7 cm³/mol. The Balaban J connectivity index is 1.51. The number of para-hydroxylation sites is 2. The van der Waals surface area contributed by atoms with Crippen molar-refractivity contribution in [3.63, 3.8) is 0 Å². The van der Waals surface area contributed by atoms with Crippen molar-refractivity contribution >= 4 is 22.5 Å². The lowest BCUT2D eigenvalue weighted by Crippen LogP contribution is -2.38. The van der Waals surface area contributed by atoms with E-state index in [0.29, 0.717) is 13.0 Å². The summed E-state index contributed by atoms with van der Waals surface area (Å²) >= 11 is 0. The molecule has 1 aliphatic heterocycles. The lowest BCUT2D eigenvalue weighted by Gasteiger charge is -2.18. The molecule has 1 aliphatic rings. The number of carbonyl (C=O) groups excluding carboxylic acids is 1. The number of pyridine rings is 1. The number of nitrogens with one attached hydrogen (secondary N) is 1. The summed E-state index contributed by atoms with van der Waals surface area (Å²) in [6, 6.07) is 12.9. The number of aromatic nitrogens is 1. The fourth-order valence-electron chi connectivity index (χ4n) is 3.38. The summed E-state index contributed by atoms with van der Waals surface area (Å²) < 4.78 is 27.9. The Hall–Kier alpha value is -2.86. The van der Waals surface area contributed by atoms with Crippen LogP contribution in [0.1, 0.15) is 12.0 Å². The molecular weight excluding hydrogens is 336 g/mol. The molecular formula is C20H17F2N3O. The molecule has 1 fully saturated rings. The molecule has 1 amide bonds. The quantitative estimate of drug-likeness (QED) is 0.782. The van der Waals surface area contributed by atoms with Crippen molar-refractivity contribution in [2.45, 2.75) is 19.0 Å². The minimum atomic E-state index is -0.725. The standard InChI is InChI=1S/C20H17F2N3O/c21-15-7-2-8-16(22)19(15)25-11-9-17(20(25)26)24-12-14-5-1-4-13-6-3-10-23-18(13)14/h1-8,10,17,24H,9,11-12H2/t17-/m0/s1. The van der Waals surface area contributed by atoms with Crippen LogP contribution in [-0.2, 0) is 11.3 Å². The summed E-state index contributed by atoms with van der Waals surface area (Å²) in [6.45, 7) is 0.737. The maximum absolute atomic E-state index is 14.0. The minimum absolute atomic E-state index is 0.270. The first-order valence-electron chi connectivity index (χ1n) is 8.46. The summed E-state index contributed by atoms with van der Waals surface area (Å²) in [5.41, 5.74) is 1.59. The fourth-order valence-corrected chi connectivity index (χ4v) is 3.38. The number of hydrogen-bond donors (Lipinski definition) is 1. The van der Waals surface area contributed by atoms with Crippen LogP contribution in [0, 0.1) is 11.6 Å². The summed E-state index contributed by atoms with van der Waals surface area (Å²) in [6.07, 6.45) is 2.22. The van der Waals surface area contributed by atoms with Crippen LogP contribution in [0.4, 0.5) is 14.5 Å². The highest BCUT2D eigenvalue weighted by Gasteiger charge is 2.35. The first kappa shape index (κ1) is 16.6. The van der Waals surface area contributed by atoms with Crippen molar-refractivity contribution in [2.75, 3.05) is 11.4 Å². The smallest absolute Gasteiger partial charge is 0.244 e. The van der Waals surface area contributed by atoms with Crippen LogP contribution in [0.25, 0.3) is 10.9 Å². The first-order chi connectivity index (χ1) is 12.6. The molecule has 4 rings (SSSR count). The average Bonchev–Trinajstić information content (AvgIpc) is 3.00. The number of rotatable bonds is 4. The number of benzene rings is 2. The van der Waals surface area contributed by atoms with Gasteiger partial charge in [0.2, 0.25) is 5.91 Å². The van der Waals surface area contributed by atoms with Crippen LogP contribution in [0.5, 0.6) is 0 Å². The number of nitrogens with zero attached hydrogens (tertiary/aromatic N) is 2. The van der Waals surface area contributed by atoms with Gasteiger partial charge in [-0.25, -0.2) is 8.78 Å². The van der Waals surface area contributed by atoms with E-state index >= 15 is 0 Å². The van der Waals surface area contributed by atoms with Crippen LogP contribution in [0.3, 0.4) is 0 Å². The van der Waals surface area contributed by atoms with Crippen molar-refractivity contribution in [1.29, 1.82) is 0 Å². The van der Waals surface area contributed by atoms with Crippen LogP contribution in [0.2, 0.25) is 0 Å². The van der Waals surface area contributed by atoms with E-state index in [1.807, 2.05) is 30.3 Å². The van der Waals surface area contributed by atoms with Gasteiger partial charge in [-0.2, -0.15) is 0 Å². The molecule has 0 unspecified atom stereocenters. The summed E-state index contributed by atoms with van der Waals surface area (Å²) in [5.74, 6) is -1.77. The third kappa shape index (κ3) is 2.93. The molecule has 0 spiro atoms. The topological polar surface area (TPSA) is 45.2 Å². The Morgan fingerprint density at radius 1 is 1.08 bits per heavy atom. The van der Waals surface area contributed by atoms with Gasteiger partial charge in [-0.15, -0.1) is 0 Å². The van der Waals surface area contributed by atoms with E-state index in [9.17, 15) is 13.6 Å². The second-order valence-electron chi connectivity index (χ2n) is 6.27. The summed E-state index contributed by atoms with van der Waals surface area (Å²) in [5, 5.41) is 4.23. The van der Waals surface area contributed by atoms with Crippen LogP contribution in [-0.4, -0.2) is 23.5 Å². The Morgan fingerprint density at radius 2 is 1.81 bits per heavy atom. The number of anilines is 1. The zero-order valence-electron chi connectivity index (χ0n) is 14.0. The zero-order chi connectivity index (χ0) is 18.1. The van der Waals surface area contributed by atoms with Gasteiger partial charge in [-0.3, -0.25) is 9.78 Å². The number of fused-ring (bicyclic) bond motifs is 1. The van der Waals surface area contributed by atoms with E-state index in [1.54, 1.807) is 6.20 Å². The van der Waals surface area contributed by atoms with Gasteiger partial charge in [0.05, 0.1) is 11.6 Å². The largest absolute Gasteiger partial charge is 0.306 e. The lowest BCUT2D eigenvalue weighted by molar-refractivity contribution is -0.118. The highest BCUT2D eigenvalue weighted by Crippen LogP contribution is 2.28. The van der Waals surface area contributed by atoms with E-state index in [0.717, 1.165) is 28.6 Å².